The number of H-pyrrole nitrogens is 1. The summed E-state index contributed by atoms with van der Waals surface area (Å²) in [6, 6.07) is 3.90. The second kappa shape index (κ2) is 2.29. The van der Waals surface area contributed by atoms with Crippen LogP contribution < -0.4 is 0 Å². The summed E-state index contributed by atoms with van der Waals surface area (Å²) in [5, 5.41) is 0. The summed E-state index contributed by atoms with van der Waals surface area (Å²) in [6.45, 7) is 1.83. The molecular weight excluding hydrogens is 182 g/mol. The zero-order valence-corrected chi connectivity index (χ0v) is 7.80. The Hall–Kier alpha value is -1.42. The van der Waals surface area contributed by atoms with Gasteiger partial charge < -0.3 is 4.98 Å². The Balaban J connectivity index is 2.56. The van der Waals surface area contributed by atoms with Crippen LogP contribution in [-0.4, -0.2) is 14.9 Å². The quantitative estimate of drug-likeness (QED) is 0.591. The van der Waals surface area contributed by atoms with Gasteiger partial charge in [0.25, 0.3) is 0 Å². The molecule has 2 aromatic heterocycles. The first kappa shape index (κ1) is 6.10. The van der Waals surface area contributed by atoms with Crippen molar-refractivity contribution in [3.63, 3.8) is 0 Å². The Morgan fingerprint density at radius 2 is 2.38 bits per heavy atom. The van der Waals surface area contributed by atoms with Gasteiger partial charge in [0, 0.05) is 0 Å². The van der Waals surface area contributed by atoms with Gasteiger partial charge in [0.05, 0.1) is 26.8 Å². The van der Waals surface area contributed by atoms with Crippen molar-refractivity contribution in [1.82, 2.24) is 14.9 Å². The number of benzene rings is 1. The number of aromatic nitrogens is 3. The molecule has 0 fully saturated rings. The number of imidazole rings is 1. The van der Waals surface area contributed by atoms with Crippen molar-refractivity contribution in [2.24, 2.45) is 0 Å². The highest BCUT2D eigenvalue weighted by atomic mass is 32.1. The fourth-order valence-electron chi connectivity index (χ4n) is 1.43. The van der Waals surface area contributed by atoms with Crippen molar-refractivity contribution in [2.75, 3.05) is 0 Å². The highest BCUT2D eigenvalue weighted by Gasteiger charge is 2.02. The van der Waals surface area contributed by atoms with E-state index in [1.165, 1.54) is 4.98 Å². The van der Waals surface area contributed by atoms with Gasteiger partial charge in [-0.3, -0.25) is 0 Å². The van der Waals surface area contributed by atoms with Crippen molar-refractivity contribution in [3.8, 4) is 0 Å². The molecule has 1 aromatic carbocycles. The maximum atomic E-state index is 7.73. The van der Waals surface area contributed by atoms with Gasteiger partial charge >= 0.3 is 0 Å². The SMILES string of the molecule is [2H]n1c(C)nc2cc3scnc3cc21. The summed E-state index contributed by atoms with van der Waals surface area (Å²) in [5.74, 6) is 0.706. The molecule has 4 heteroatoms. The summed E-state index contributed by atoms with van der Waals surface area (Å²) in [7, 11) is 0. The van der Waals surface area contributed by atoms with Crippen LogP contribution in [0.4, 0.5) is 0 Å². The minimum Gasteiger partial charge on any atom is -0.342 e. The molecular formula is C9H7N3S. The van der Waals surface area contributed by atoms with Crippen LogP contribution in [0, 0.1) is 6.92 Å². The first-order valence-electron chi connectivity index (χ1n) is 4.42. The Bertz CT molecular complexity index is 625. The van der Waals surface area contributed by atoms with Crippen LogP contribution in [0.5, 0.6) is 0 Å². The third kappa shape index (κ3) is 0.954. The molecule has 3 rings (SSSR count). The Labute approximate surface area is 79.9 Å². The largest absolute Gasteiger partial charge is 0.342 e. The first-order valence-corrected chi connectivity index (χ1v) is 4.85. The lowest BCUT2D eigenvalue weighted by Crippen LogP contribution is -1.70. The number of aromatic amines is 1. The standard InChI is InChI=1S/C9H7N3S/c1-5-11-6-2-8-9(13-4-10-8)3-7(6)12-5/h2-4H,1H3,(H,11,12)/i/hD. The average molecular weight is 190 g/mol. The number of thiazole rings is 1. The van der Waals surface area contributed by atoms with E-state index in [0.717, 1.165) is 21.3 Å². The van der Waals surface area contributed by atoms with Crippen molar-refractivity contribution < 1.29 is 1.41 Å². The summed E-state index contributed by atoms with van der Waals surface area (Å²) in [4.78, 5) is 9.85. The predicted octanol–water partition coefficient (Wildman–Crippen LogP) is 2.48. The lowest BCUT2D eigenvalue weighted by molar-refractivity contribution is 1.17. The number of rotatable bonds is 0. The number of aryl methyl sites for hydroxylation is 1. The zero-order valence-electron chi connectivity index (χ0n) is 7.98. The molecule has 0 spiro atoms. The molecule has 64 valence electrons. The molecule has 0 saturated carbocycles. The van der Waals surface area contributed by atoms with E-state index in [-0.39, 0.29) is 0 Å². The highest BCUT2D eigenvalue weighted by molar-refractivity contribution is 7.16. The van der Waals surface area contributed by atoms with E-state index in [1.54, 1.807) is 11.3 Å². The monoisotopic (exact) mass is 190 g/mol. The van der Waals surface area contributed by atoms with Crippen LogP contribution in [0.15, 0.2) is 17.6 Å². The van der Waals surface area contributed by atoms with Crippen molar-refractivity contribution in [1.29, 1.82) is 0 Å². The van der Waals surface area contributed by atoms with E-state index in [9.17, 15) is 0 Å². The number of nitrogens with zero attached hydrogens (tertiary/aromatic N) is 2. The number of fused-ring (bicyclic) bond motifs is 2. The molecule has 1 N–H and O–H groups in total. The number of hydrogen-bond acceptors (Lipinski definition) is 3. The fourth-order valence-corrected chi connectivity index (χ4v) is 2.13. The Kier molecular flexibility index (Phi) is 1.08. The van der Waals surface area contributed by atoms with E-state index in [0.29, 0.717) is 5.82 Å². The van der Waals surface area contributed by atoms with Crippen LogP contribution in [0.25, 0.3) is 21.3 Å². The molecule has 13 heavy (non-hydrogen) atoms. The third-order valence-corrected chi connectivity index (χ3v) is 2.78. The van der Waals surface area contributed by atoms with Crippen LogP contribution in [0.2, 0.25) is 1.41 Å². The second-order valence-electron chi connectivity index (χ2n) is 2.93. The summed E-state index contributed by atoms with van der Waals surface area (Å²) in [6.07, 6.45) is 0. The molecule has 0 radical (unpaired) electrons. The van der Waals surface area contributed by atoms with Crippen LogP contribution in [0.1, 0.15) is 5.82 Å². The summed E-state index contributed by atoms with van der Waals surface area (Å²) >= 11 is 1.60. The molecule has 0 aliphatic rings. The topological polar surface area (TPSA) is 41.6 Å². The minimum atomic E-state index is 0.706. The summed E-state index contributed by atoms with van der Waals surface area (Å²) in [5.41, 5.74) is 4.44. The maximum Gasteiger partial charge on any atom is 0.168 e. The van der Waals surface area contributed by atoms with Gasteiger partial charge in [-0.15, -0.1) is 11.3 Å². The lowest BCUT2D eigenvalue weighted by Gasteiger charge is -1.87. The molecule has 3 aromatic rings. The minimum absolute atomic E-state index is 0.706. The Morgan fingerprint density at radius 3 is 3.31 bits per heavy atom. The number of nitrogens with one attached hydrogen (secondary N) is 1. The van der Waals surface area contributed by atoms with E-state index in [4.69, 9.17) is 1.41 Å². The lowest BCUT2D eigenvalue weighted by atomic mass is 10.3. The van der Waals surface area contributed by atoms with Gasteiger partial charge in [-0.25, -0.2) is 9.97 Å². The zero-order chi connectivity index (χ0) is 9.71. The molecule has 0 saturated heterocycles. The molecule has 0 amide bonds. The third-order valence-electron chi connectivity index (χ3n) is 1.99. The van der Waals surface area contributed by atoms with E-state index >= 15 is 0 Å². The average Bonchev–Trinajstić information content (AvgIpc) is 2.70. The van der Waals surface area contributed by atoms with Gasteiger partial charge in [-0.2, -0.15) is 0 Å². The number of hydrogen-bond donors (Lipinski definition) is 1. The van der Waals surface area contributed by atoms with E-state index in [1.807, 2.05) is 24.6 Å². The fraction of sp³-hybridized carbons (Fsp3) is 0.111. The van der Waals surface area contributed by atoms with Crippen molar-refractivity contribution in [2.45, 2.75) is 6.92 Å². The van der Waals surface area contributed by atoms with Crippen LogP contribution >= 0.6 is 11.3 Å². The normalized spacial score (nSPS) is 12.5. The smallest absolute Gasteiger partial charge is 0.168 e. The van der Waals surface area contributed by atoms with E-state index in [2.05, 4.69) is 9.97 Å². The Morgan fingerprint density at radius 1 is 1.46 bits per heavy atom. The van der Waals surface area contributed by atoms with Gasteiger partial charge in [-0.1, -0.05) is 0 Å². The molecule has 0 aliphatic carbocycles. The van der Waals surface area contributed by atoms with Gasteiger partial charge in [0.15, 0.2) is 1.41 Å². The first-order chi connectivity index (χ1) is 6.75. The molecule has 0 bridgehead atoms. The van der Waals surface area contributed by atoms with Crippen molar-refractivity contribution in [3.05, 3.63) is 23.5 Å². The van der Waals surface area contributed by atoms with Gasteiger partial charge in [0.2, 0.25) is 0 Å². The van der Waals surface area contributed by atoms with Crippen LogP contribution in [-0.2, 0) is 0 Å². The highest BCUT2D eigenvalue weighted by Crippen LogP contribution is 2.23. The van der Waals surface area contributed by atoms with Gasteiger partial charge in [-0.05, 0) is 19.1 Å². The molecule has 0 unspecified atom stereocenters. The van der Waals surface area contributed by atoms with E-state index < -0.39 is 0 Å². The molecule has 3 nitrogen and oxygen atoms in total. The summed E-state index contributed by atoms with van der Waals surface area (Å²) < 4.78 is 8.85. The second-order valence-corrected chi connectivity index (χ2v) is 3.82. The molecule has 2 heterocycles. The molecule has 0 aliphatic heterocycles. The van der Waals surface area contributed by atoms with Crippen LogP contribution in [0.3, 0.4) is 0 Å². The predicted molar refractivity (Wildman–Crippen MR) is 54.0 cm³/mol. The van der Waals surface area contributed by atoms with Gasteiger partial charge in [0.1, 0.15) is 5.82 Å². The van der Waals surface area contributed by atoms with Crippen molar-refractivity contribution >= 4 is 32.6 Å². The molecule has 0 atom stereocenters. The maximum absolute atomic E-state index is 7.73.